The fourth-order valence-electron chi connectivity index (χ4n) is 2.47. The zero-order chi connectivity index (χ0) is 15.5. The molecule has 1 aliphatic rings. The predicted octanol–water partition coefficient (Wildman–Crippen LogP) is 2.28. The SMILES string of the molecule is Cc1nccnc1N1CCC[C@@H](NC(=O)OC(C)(C)C)C1. The second kappa shape index (κ2) is 6.28. The lowest BCUT2D eigenvalue weighted by atomic mass is 10.1. The van der Waals surface area contributed by atoms with Gasteiger partial charge in [0.05, 0.1) is 5.69 Å². The summed E-state index contributed by atoms with van der Waals surface area (Å²) < 4.78 is 5.31. The maximum absolute atomic E-state index is 11.9. The molecule has 1 fully saturated rings. The molecule has 1 N–H and O–H groups in total. The number of aromatic nitrogens is 2. The number of ether oxygens (including phenoxy) is 1. The lowest BCUT2D eigenvalue weighted by molar-refractivity contribution is 0.0500. The number of carbonyl (C=O) groups excluding carboxylic acids is 1. The summed E-state index contributed by atoms with van der Waals surface area (Å²) in [4.78, 5) is 22.7. The molecule has 1 aromatic rings. The van der Waals surface area contributed by atoms with Crippen LogP contribution in [0.4, 0.5) is 10.6 Å². The molecule has 0 aromatic carbocycles. The maximum Gasteiger partial charge on any atom is 0.407 e. The van der Waals surface area contributed by atoms with E-state index in [-0.39, 0.29) is 12.1 Å². The van der Waals surface area contributed by atoms with Crippen LogP contribution in [0.5, 0.6) is 0 Å². The minimum Gasteiger partial charge on any atom is -0.444 e. The number of carbonyl (C=O) groups is 1. The van der Waals surface area contributed by atoms with Crippen LogP contribution in [0.25, 0.3) is 0 Å². The first-order chi connectivity index (χ1) is 9.85. The predicted molar refractivity (Wildman–Crippen MR) is 81.4 cm³/mol. The van der Waals surface area contributed by atoms with Crippen molar-refractivity contribution in [2.45, 2.75) is 52.2 Å². The maximum atomic E-state index is 11.9. The molecular formula is C15H24N4O2. The van der Waals surface area contributed by atoms with Crippen LogP contribution in [0.3, 0.4) is 0 Å². The topological polar surface area (TPSA) is 67.4 Å². The monoisotopic (exact) mass is 292 g/mol. The van der Waals surface area contributed by atoms with Crippen LogP contribution in [0.2, 0.25) is 0 Å². The quantitative estimate of drug-likeness (QED) is 0.905. The zero-order valence-electron chi connectivity index (χ0n) is 13.2. The van der Waals surface area contributed by atoms with Gasteiger partial charge in [-0.3, -0.25) is 4.98 Å². The summed E-state index contributed by atoms with van der Waals surface area (Å²) in [6.45, 7) is 9.21. The van der Waals surface area contributed by atoms with Gasteiger partial charge in [0, 0.05) is 31.5 Å². The molecule has 1 amide bonds. The Kier molecular flexibility index (Phi) is 4.65. The van der Waals surface area contributed by atoms with Gasteiger partial charge in [0.15, 0.2) is 0 Å². The zero-order valence-corrected chi connectivity index (χ0v) is 13.2. The summed E-state index contributed by atoms with van der Waals surface area (Å²) >= 11 is 0. The first kappa shape index (κ1) is 15.5. The van der Waals surface area contributed by atoms with Gasteiger partial charge < -0.3 is 15.0 Å². The van der Waals surface area contributed by atoms with E-state index in [1.807, 2.05) is 27.7 Å². The summed E-state index contributed by atoms with van der Waals surface area (Å²) in [6.07, 6.45) is 5.00. The van der Waals surface area contributed by atoms with Gasteiger partial charge in [-0.1, -0.05) is 0 Å². The third kappa shape index (κ3) is 4.58. The van der Waals surface area contributed by atoms with Gasteiger partial charge in [-0.05, 0) is 40.5 Å². The first-order valence-electron chi connectivity index (χ1n) is 7.37. The normalized spacial score (nSPS) is 19.2. The molecule has 0 aliphatic carbocycles. The first-order valence-corrected chi connectivity index (χ1v) is 7.37. The van der Waals surface area contributed by atoms with Crippen molar-refractivity contribution in [1.29, 1.82) is 0 Å². The molecule has 1 aliphatic heterocycles. The Morgan fingerprint density at radius 2 is 2.10 bits per heavy atom. The van der Waals surface area contributed by atoms with E-state index >= 15 is 0 Å². The van der Waals surface area contributed by atoms with Crippen molar-refractivity contribution in [2.75, 3.05) is 18.0 Å². The number of nitrogens with one attached hydrogen (secondary N) is 1. The van der Waals surface area contributed by atoms with Crippen molar-refractivity contribution >= 4 is 11.9 Å². The molecule has 2 rings (SSSR count). The number of anilines is 1. The lowest BCUT2D eigenvalue weighted by Crippen LogP contribution is -2.49. The number of piperidine rings is 1. The van der Waals surface area contributed by atoms with Crippen molar-refractivity contribution < 1.29 is 9.53 Å². The molecular weight excluding hydrogens is 268 g/mol. The summed E-state index contributed by atoms with van der Waals surface area (Å²) in [5.41, 5.74) is 0.440. The molecule has 21 heavy (non-hydrogen) atoms. The molecule has 1 aromatic heterocycles. The minimum atomic E-state index is -0.472. The third-order valence-corrected chi connectivity index (χ3v) is 3.30. The summed E-state index contributed by atoms with van der Waals surface area (Å²) in [7, 11) is 0. The second-order valence-electron chi connectivity index (χ2n) is 6.40. The highest BCUT2D eigenvalue weighted by Crippen LogP contribution is 2.20. The molecule has 0 radical (unpaired) electrons. The lowest BCUT2D eigenvalue weighted by Gasteiger charge is -2.34. The number of alkyl carbamates (subject to hydrolysis) is 1. The van der Waals surface area contributed by atoms with Crippen molar-refractivity contribution in [1.82, 2.24) is 15.3 Å². The van der Waals surface area contributed by atoms with Gasteiger partial charge in [-0.2, -0.15) is 0 Å². The Labute approximate surface area is 125 Å². The van der Waals surface area contributed by atoms with E-state index in [9.17, 15) is 4.79 Å². The van der Waals surface area contributed by atoms with Crippen molar-refractivity contribution in [3.63, 3.8) is 0 Å². The fraction of sp³-hybridized carbons (Fsp3) is 0.667. The van der Waals surface area contributed by atoms with Gasteiger partial charge in [0.1, 0.15) is 11.4 Å². The van der Waals surface area contributed by atoms with Gasteiger partial charge in [0.2, 0.25) is 0 Å². The number of aryl methyl sites for hydroxylation is 1. The Hall–Kier alpha value is -1.85. The highest BCUT2D eigenvalue weighted by molar-refractivity contribution is 5.68. The smallest absolute Gasteiger partial charge is 0.407 e. The molecule has 0 saturated carbocycles. The number of hydrogen-bond donors (Lipinski definition) is 1. The fourth-order valence-corrected chi connectivity index (χ4v) is 2.47. The molecule has 0 spiro atoms. The summed E-state index contributed by atoms with van der Waals surface area (Å²) in [5, 5.41) is 2.94. The molecule has 0 unspecified atom stereocenters. The molecule has 116 valence electrons. The van der Waals surface area contributed by atoms with E-state index in [1.165, 1.54) is 0 Å². The van der Waals surface area contributed by atoms with Gasteiger partial charge in [0.25, 0.3) is 0 Å². The summed E-state index contributed by atoms with van der Waals surface area (Å²) in [5.74, 6) is 0.896. The Balaban J connectivity index is 1.95. The van der Waals surface area contributed by atoms with Crippen LogP contribution in [0.1, 0.15) is 39.3 Å². The van der Waals surface area contributed by atoms with E-state index in [0.29, 0.717) is 0 Å². The number of hydrogen-bond acceptors (Lipinski definition) is 5. The summed E-state index contributed by atoms with van der Waals surface area (Å²) in [6, 6.07) is 0.0787. The van der Waals surface area contributed by atoms with E-state index in [2.05, 4.69) is 20.2 Å². The largest absolute Gasteiger partial charge is 0.444 e. The molecule has 1 saturated heterocycles. The van der Waals surface area contributed by atoms with E-state index in [4.69, 9.17) is 4.74 Å². The van der Waals surface area contributed by atoms with Crippen molar-refractivity contribution in [2.24, 2.45) is 0 Å². The van der Waals surface area contributed by atoms with Gasteiger partial charge in [-0.25, -0.2) is 9.78 Å². The highest BCUT2D eigenvalue weighted by Gasteiger charge is 2.25. The molecule has 6 heteroatoms. The third-order valence-electron chi connectivity index (χ3n) is 3.30. The van der Waals surface area contributed by atoms with Crippen molar-refractivity contribution in [3.05, 3.63) is 18.1 Å². The number of rotatable bonds is 2. The van der Waals surface area contributed by atoms with E-state index < -0.39 is 5.60 Å². The average Bonchev–Trinajstić information content (AvgIpc) is 2.37. The van der Waals surface area contributed by atoms with Crippen molar-refractivity contribution in [3.8, 4) is 0 Å². The van der Waals surface area contributed by atoms with Crippen LogP contribution in [0, 0.1) is 6.92 Å². The highest BCUT2D eigenvalue weighted by atomic mass is 16.6. The average molecular weight is 292 g/mol. The molecule has 0 bridgehead atoms. The number of nitrogens with zero attached hydrogens (tertiary/aromatic N) is 3. The van der Waals surface area contributed by atoms with Crippen LogP contribution < -0.4 is 10.2 Å². The molecule has 2 heterocycles. The standard InChI is InChI=1S/C15H24N4O2/c1-11-13(17-8-7-16-11)19-9-5-6-12(10-19)18-14(20)21-15(2,3)4/h7-8,12H,5-6,9-10H2,1-4H3,(H,18,20)/t12-/m1/s1. The second-order valence-corrected chi connectivity index (χ2v) is 6.40. The Bertz CT molecular complexity index is 499. The van der Waals surface area contributed by atoms with Crippen LogP contribution >= 0.6 is 0 Å². The Morgan fingerprint density at radius 1 is 1.38 bits per heavy atom. The van der Waals surface area contributed by atoms with E-state index in [0.717, 1.165) is 37.4 Å². The van der Waals surface area contributed by atoms with Gasteiger partial charge in [-0.15, -0.1) is 0 Å². The van der Waals surface area contributed by atoms with Crippen LogP contribution in [-0.2, 0) is 4.74 Å². The van der Waals surface area contributed by atoms with Crippen LogP contribution in [-0.4, -0.2) is 40.8 Å². The molecule has 6 nitrogen and oxygen atoms in total. The van der Waals surface area contributed by atoms with E-state index in [1.54, 1.807) is 12.4 Å². The minimum absolute atomic E-state index is 0.0787. The van der Waals surface area contributed by atoms with Crippen LogP contribution in [0.15, 0.2) is 12.4 Å². The molecule has 1 atom stereocenters. The number of amides is 1. The Morgan fingerprint density at radius 3 is 2.76 bits per heavy atom. The van der Waals surface area contributed by atoms with Gasteiger partial charge >= 0.3 is 6.09 Å².